The molecule has 0 aliphatic rings. The molecule has 0 unspecified atom stereocenters. The van der Waals surface area contributed by atoms with Crippen LogP contribution in [0.5, 0.6) is 5.75 Å². The van der Waals surface area contributed by atoms with E-state index in [-0.39, 0.29) is 43.2 Å². The van der Waals surface area contributed by atoms with Gasteiger partial charge < -0.3 is 19.0 Å². The van der Waals surface area contributed by atoms with E-state index in [9.17, 15) is 14.0 Å². The highest BCUT2D eigenvalue weighted by Gasteiger charge is 2.24. The van der Waals surface area contributed by atoms with Crippen molar-refractivity contribution in [2.45, 2.75) is 33.9 Å². The van der Waals surface area contributed by atoms with E-state index >= 15 is 0 Å². The number of furan rings is 1. The molecular formula is C27H31FN2O4. The van der Waals surface area contributed by atoms with E-state index < -0.39 is 0 Å². The van der Waals surface area contributed by atoms with E-state index in [2.05, 4.69) is 0 Å². The van der Waals surface area contributed by atoms with Crippen LogP contribution in [0.2, 0.25) is 0 Å². The number of carbonyl (C=O) groups is 2. The van der Waals surface area contributed by atoms with Crippen molar-refractivity contribution in [1.29, 1.82) is 0 Å². The molecule has 0 saturated heterocycles. The Morgan fingerprint density at radius 2 is 1.62 bits per heavy atom. The van der Waals surface area contributed by atoms with Gasteiger partial charge in [0.05, 0.1) is 13.7 Å². The Bertz CT molecular complexity index is 1090. The van der Waals surface area contributed by atoms with Crippen LogP contribution in [0.3, 0.4) is 0 Å². The minimum absolute atomic E-state index is 0.0794. The third-order valence-corrected chi connectivity index (χ3v) is 5.32. The van der Waals surface area contributed by atoms with Gasteiger partial charge in [0.15, 0.2) is 0 Å². The lowest BCUT2D eigenvalue weighted by molar-refractivity contribution is -0.133. The standard InChI is InChI=1S/C27H31FN2O4/c1-19(2)15-30(27(32)22-8-13-24(33-4)14-9-22)18-26(31)29(17-25-12-5-20(3)34-25)16-21-6-10-23(28)11-7-21/h5-14,19H,15-18H2,1-4H3. The molecule has 6 nitrogen and oxygen atoms in total. The van der Waals surface area contributed by atoms with E-state index in [1.807, 2.05) is 32.9 Å². The molecule has 0 radical (unpaired) electrons. The summed E-state index contributed by atoms with van der Waals surface area (Å²) in [6.45, 7) is 6.71. The van der Waals surface area contributed by atoms with Gasteiger partial charge in [-0.05, 0) is 66.9 Å². The minimum Gasteiger partial charge on any atom is -0.497 e. The Morgan fingerprint density at radius 3 is 2.18 bits per heavy atom. The zero-order valence-electron chi connectivity index (χ0n) is 20.1. The monoisotopic (exact) mass is 466 g/mol. The molecule has 180 valence electrons. The average molecular weight is 467 g/mol. The van der Waals surface area contributed by atoms with Gasteiger partial charge in [0.25, 0.3) is 5.91 Å². The first kappa shape index (κ1) is 25.0. The predicted octanol–water partition coefficient (Wildman–Crippen LogP) is 5.06. The Hall–Kier alpha value is -3.61. The maximum absolute atomic E-state index is 13.5. The summed E-state index contributed by atoms with van der Waals surface area (Å²) >= 11 is 0. The van der Waals surface area contributed by atoms with Gasteiger partial charge in [-0.15, -0.1) is 0 Å². The van der Waals surface area contributed by atoms with E-state index in [1.54, 1.807) is 53.3 Å². The van der Waals surface area contributed by atoms with E-state index in [0.29, 0.717) is 23.6 Å². The number of nitrogens with zero attached hydrogens (tertiary/aromatic N) is 2. The van der Waals surface area contributed by atoms with E-state index in [4.69, 9.17) is 9.15 Å². The number of methoxy groups -OCH3 is 1. The highest BCUT2D eigenvalue weighted by molar-refractivity contribution is 5.96. The molecule has 2 amide bonds. The predicted molar refractivity (Wildman–Crippen MR) is 128 cm³/mol. The normalized spacial score (nSPS) is 10.9. The number of benzene rings is 2. The second-order valence-electron chi connectivity index (χ2n) is 8.70. The van der Waals surface area contributed by atoms with Crippen LogP contribution in [0.25, 0.3) is 0 Å². The van der Waals surface area contributed by atoms with Crippen LogP contribution in [0.1, 0.15) is 41.3 Å². The van der Waals surface area contributed by atoms with Crippen molar-refractivity contribution in [3.63, 3.8) is 0 Å². The first-order chi connectivity index (χ1) is 16.2. The zero-order chi connectivity index (χ0) is 24.7. The molecule has 0 bridgehead atoms. The van der Waals surface area contributed by atoms with Crippen LogP contribution >= 0.6 is 0 Å². The average Bonchev–Trinajstić information content (AvgIpc) is 3.23. The maximum Gasteiger partial charge on any atom is 0.254 e. The van der Waals surface area contributed by atoms with Crippen molar-refractivity contribution >= 4 is 11.8 Å². The molecule has 3 aromatic rings. The lowest BCUT2D eigenvalue weighted by atomic mass is 10.1. The highest BCUT2D eigenvalue weighted by Crippen LogP contribution is 2.17. The Balaban J connectivity index is 1.81. The van der Waals surface area contributed by atoms with Gasteiger partial charge in [0.1, 0.15) is 29.6 Å². The van der Waals surface area contributed by atoms with Crippen LogP contribution in [-0.4, -0.2) is 41.8 Å². The van der Waals surface area contributed by atoms with Gasteiger partial charge in [0, 0.05) is 18.7 Å². The van der Waals surface area contributed by atoms with Crippen LogP contribution < -0.4 is 4.74 Å². The number of hydrogen-bond acceptors (Lipinski definition) is 4. The second kappa shape index (κ2) is 11.5. The zero-order valence-corrected chi connectivity index (χ0v) is 20.1. The number of amides is 2. The number of ether oxygens (including phenoxy) is 1. The first-order valence-electron chi connectivity index (χ1n) is 11.3. The molecule has 1 aromatic heterocycles. The Labute approximate surface area is 199 Å². The molecule has 1 heterocycles. The molecule has 0 atom stereocenters. The molecule has 0 aliphatic carbocycles. The SMILES string of the molecule is COc1ccc(C(=O)N(CC(=O)N(Cc2ccc(F)cc2)Cc2ccc(C)o2)CC(C)C)cc1. The molecule has 0 spiro atoms. The van der Waals surface area contributed by atoms with Gasteiger partial charge in [-0.3, -0.25) is 9.59 Å². The summed E-state index contributed by atoms with van der Waals surface area (Å²) in [5.41, 5.74) is 1.27. The van der Waals surface area contributed by atoms with E-state index in [0.717, 1.165) is 11.3 Å². The van der Waals surface area contributed by atoms with Crippen molar-refractivity contribution in [3.05, 3.63) is 89.1 Å². The lowest BCUT2D eigenvalue weighted by Crippen LogP contribution is -2.43. The van der Waals surface area contributed by atoms with Crippen LogP contribution in [0.15, 0.2) is 65.1 Å². The largest absolute Gasteiger partial charge is 0.497 e. The van der Waals surface area contributed by atoms with Crippen molar-refractivity contribution in [1.82, 2.24) is 9.80 Å². The van der Waals surface area contributed by atoms with Crippen molar-refractivity contribution in [3.8, 4) is 5.75 Å². The lowest BCUT2D eigenvalue weighted by Gasteiger charge is -2.28. The van der Waals surface area contributed by atoms with Gasteiger partial charge in [-0.2, -0.15) is 0 Å². The molecule has 0 fully saturated rings. The molecule has 0 N–H and O–H groups in total. The third kappa shape index (κ3) is 6.94. The number of carbonyl (C=O) groups excluding carboxylic acids is 2. The van der Waals surface area contributed by atoms with Crippen molar-refractivity contribution < 1.29 is 23.1 Å². The first-order valence-corrected chi connectivity index (χ1v) is 11.3. The van der Waals surface area contributed by atoms with Gasteiger partial charge >= 0.3 is 0 Å². The minimum atomic E-state index is -0.337. The van der Waals surface area contributed by atoms with Crippen LogP contribution in [-0.2, 0) is 17.9 Å². The van der Waals surface area contributed by atoms with Crippen molar-refractivity contribution in [2.24, 2.45) is 5.92 Å². The topological polar surface area (TPSA) is 63.0 Å². The van der Waals surface area contributed by atoms with Crippen molar-refractivity contribution in [2.75, 3.05) is 20.2 Å². The summed E-state index contributed by atoms with van der Waals surface area (Å²) in [6.07, 6.45) is 0. The third-order valence-electron chi connectivity index (χ3n) is 5.32. The fourth-order valence-electron chi connectivity index (χ4n) is 3.64. The fourth-order valence-corrected chi connectivity index (χ4v) is 3.64. The molecular weight excluding hydrogens is 435 g/mol. The Morgan fingerprint density at radius 1 is 0.941 bits per heavy atom. The van der Waals surface area contributed by atoms with Gasteiger partial charge in [-0.1, -0.05) is 26.0 Å². The second-order valence-corrected chi connectivity index (χ2v) is 8.70. The summed E-state index contributed by atoms with van der Waals surface area (Å²) in [5.74, 6) is 1.44. The summed E-state index contributed by atoms with van der Waals surface area (Å²) in [4.78, 5) is 29.9. The number of rotatable bonds is 10. The fraction of sp³-hybridized carbons (Fsp3) is 0.333. The molecule has 7 heteroatoms. The summed E-state index contributed by atoms with van der Waals surface area (Å²) in [7, 11) is 1.57. The maximum atomic E-state index is 13.5. The quantitative estimate of drug-likeness (QED) is 0.419. The van der Waals surface area contributed by atoms with Gasteiger partial charge in [0.2, 0.25) is 5.91 Å². The molecule has 3 rings (SSSR count). The molecule has 0 saturated carbocycles. The van der Waals surface area contributed by atoms with E-state index in [1.165, 1.54) is 12.1 Å². The molecule has 34 heavy (non-hydrogen) atoms. The molecule has 0 aliphatic heterocycles. The summed E-state index contributed by atoms with van der Waals surface area (Å²) in [6, 6.07) is 16.5. The summed E-state index contributed by atoms with van der Waals surface area (Å²) < 4.78 is 24.2. The van der Waals surface area contributed by atoms with Crippen LogP contribution in [0.4, 0.5) is 4.39 Å². The number of halogens is 1. The molecule has 2 aromatic carbocycles. The van der Waals surface area contributed by atoms with Gasteiger partial charge in [-0.25, -0.2) is 4.39 Å². The number of hydrogen-bond donors (Lipinski definition) is 0. The number of aryl methyl sites for hydroxylation is 1. The summed E-state index contributed by atoms with van der Waals surface area (Å²) in [5, 5.41) is 0. The smallest absolute Gasteiger partial charge is 0.254 e. The van der Waals surface area contributed by atoms with Crippen LogP contribution in [0, 0.1) is 18.7 Å². The highest BCUT2D eigenvalue weighted by atomic mass is 19.1. The Kier molecular flexibility index (Phi) is 8.46.